The zero-order chi connectivity index (χ0) is 17.1. The fourth-order valence-electron chi connectivity index (χ4n) is 1.79. The second-order valence-corrected chi connectivity index (χ2v) is 7.56. The summed E-state index contributed by atoms with van der Waals surface area (Å²) in [5.41, 5.74) is 0. The van der Waals surface area contributed by atoms with Crippen LogP contribution in [0.3, 0.4) is 0 Å². The van der Waals surface area contributed by atoms with Gasteiger partial charge in [-0.25, -0.2) is 8.42 Å². The highest BCUT2D eigenvalue weighted by Crippen LogP contribution is 2.33. The van der Waals surface area contributed by atoms with Gasteiger partial charge in [0.1, 0.15) is 16.7 Å². The molecule has 1 aromatic rings. The lowest BCUT2D eigenvalue weighted by Crippen LogP contribution is -2.41. The summed E-state index contributed by atoms with van der Waals surface area (Å²) < 4.78 is 31.8. The first kappa shape index (κ1) is 19.0. The fourth-order valence-corrected chi connectivity index (χ4v) is 3.85. The number of carboxylic acids is 1. The summed E-state index contributed by atoms with van der Waals surface area (Å²) in [6, 6.07) is 1.14. The Morgan fingerprint density at radius 2 is 1.91 bits per heavy atom. The molecule has 0 saturated heterocycles. The van der Waals surface area contributed by atoms with E-state index in [9.17, 15) is 13.2 Å². The molecule has 1 rings (SSSR count). The van der Waals surface area contributed by atoms with E-state index in [1.165, 1.54) is 13.2 Å². The number of aliphatic carboxylic acids is 1. The number of halogens is 2. The highest BCUT2D eigenvalue weighted by Gasteiger charge is 2.28. The van der Waals surface area contributed by atoms with E-state index in [0.29, 0.717) is 0 Å². The van der Waals surface area contributed by atoms with Crippen LogP contribution in [-0.2, 0) is 14.8 Å². The fraction of sp³-hybridized carbons (Fsp3) is 0.462. The molecule has 0 heterocycles. The maximum Gasteiger partial charge on any atom is 0.321 e. The highest BCUT2D eigenvalue weighted by atomic mass is 35.5. The predicted octanol–water partition coefficient (Wildman–Crippen LogP) is 2.78. The number of ether oxygens (including phenoxy) is 1. The van der Waals surface area contributed by atoms with Gasteiger partial charge in [0.2, 0.25) is 10.0 Å². The van der Waals surface area contributed by atoms with Crippen LogP contribution in [0.2, 0.25) is 10.0 Å². The second kappa shape index (κ2) is 7.50. The first-order chi connectivity index (χ1) is 10.1. The minimum atomic E-state index is -4.13. The van der Waals surface area contributed by atoms with Gasteiger partial charge in [0.05, 0.1) is 17.2 Å². The summed E-state index contributed by atoms with van der Waals surface area (Å²) in [5, 5.41) is 9.08. The zero-order valence-corrected chi connectivity index (χ0v) is 14.6. The second-order valence-electron chi connectivity index (χ2n) is 5.06. The lowest BCUT2D eigenvalue weighted by Gasteiger charge is -2.17. The van der Waals surface area contributed by atoms with Gasteiger partial charge in [-0.1, -0.05) is 37.0 Å². The molecule has 9 heteroatoms. The molecule has 6 nitrogen and oxygen atoms in total. The third-order valence-electron chi connectivity index (χ3n) is 2.80. The van der Waals surface area contributed by atoms with E-state index in [1.807, 2.05) is 0 Å². The van der Waals surface area contributed by atoms with Crippen LogP contribution in [0.15, 0.2) is 17.0 Å². The number of nitrogens with one attached hydrogen (secondary N) is 1. The number of carbonyl (C=O) groups is 1. The van der Waals surface area contributed by atoms with E-state index < -0.39 is 22.0 Å². The molecular formula is C13H17Cl2NO5S. The third kappa shape index (κ3) is 4.74. The van der Waals surface area contributed by atoms with Gasteiger partial charge < -0.3 is 9.84 Å². The first-order valence-electron chi connectivity index (χ1n) is 6.36. The van der Waals surface area contributed by atoms with Crippen molar-refractivity contribution >= 4 is 39.2 Å². The minimum absolute atomic E-state index is 0.00118. The summed E-state index contributed by atoms with van der Waals surface area (Å²) in [5.74, 6) is -1.03. The topological polar surface area (TPSA) is 92.7 Å². The van der Waals surface area contributed by atoms with Gasteiger partial charge in [-0.3, -0.25) is 4.79 Å². The van der Waals surface area contributed by atoms with Crippen LogP contribution in [0.25, 0.3) is 0 Å². The molecule has 0 aliphatic carbocycles. The molecule has 0 aliphatic rings. The molecule has 22 heavy (non-hydrogen) atoms. The van der Waals surface area contributed by atoms with Gasteiger partial charge in [0, 0.05) is 6.07 Å². The van der Waals surface area contributed by atoms with Crippen LogP contribution in [0.4, 0.5) is 0 Å². The van der Waals surface area contributed by atoms with Crippen LogP contribution in [0, 0.1) is 5.92 Å². The number of rotatable bonds is 7. The Kier molecular flexibility index (Phi) is 6.49. The lowest BCUT2D eigenvalue weighted by atomic mass is 10.1. The van der Waals surface area contributed by atoms with Crippen LogP contribution >= 0.6 is 23.2 Å². The molecule has 124 valence electrons. The van der Waals surface area contributed by atoms with Crippen molar-refractivity contribution in [2.45, 2.75) is 31.2 Å². The number of methoxy groups -OCH3 is 1. The van der Waals surface area contributed by atoms with E-state index in [2.05, 4.69) is 4.72 Å². The van der Waals surface area contributed by atoms with Gasteiger partial charge >= 0.3 is 5.97 Å². The molecule has 0 aromatic heterocycles. The number of carboxylic acid groups (broad SMARTS) is 1. The molecule has 1 aromatic carbocycles. The molecule has 0 fully saturated rings. The van der Waals surface area contributed by atoms with Crippen molar-refractivity contribution in [2.24, 2.45) is 5.92 Å². The number of hydrogen-bond donors (Lipinski definition) is 2. The Bertz CT molecular complexity index is 661. The van der Waals surface area contributed by atoms with E-state index in [4.69, 9.17) is 33.0 Å². The summed E-state index contributed by atoms with van der Waals surface area (Å²) in [6.07, 6.45) is 0.149. The average molecular weight is 370 g/mol. The molecule has 0 spiro atoms. The van der Waals surface area contributed by atoms with E-state index in [1.54, 1.807) is 13.8 Å². The Morgan fingerprint density at radius 1 is 1.32 bits per heavy atom. The molecule has 0 radical (unpaired) electrons. The van der Waals surface area contributed by atoms with Crippen molar-refractivity contribution in [3.8, 4) is 5.75 Å². The monoisotopic (exact) mass is 369 g/mol. The summed E-state index contributed by atoms with van der Waals surface area (Å²) in [7, 11) is -2.76. The number of sulfonamides is 1. The van der Waals surface area contributed by atoms with Gasteiger partial charge in [-0.15, -0.1) is 0 Å². The summed E-state index contributed by atoms with van der Waals surface area (Å²) >= 11 is 11.8. The predicted molar refractivity (Wildman–Crippen MR) is 84.2 cm³/mol. The lowest BCUT2D eigenvalue weighted by molar-refractivity contribution is -0.139. The van der Waals surface area contributed by atoms with Gasteiger partial charge in [0.25, 0.3) is 0 Å². The van der Waals surface area contributed by atoms with Crippen molar-refractivity contribution in [1.29, 1.82) is 0 Å². The van der Waals surface area contributed by atoms with E-state index in [0.717, 1.165) is 6.07 Å². The first-order valence-corrected chi connectivity index (χ1v) is 8.60. The Hall–Kier alpha value is -1.02. The van der Waals surface area contributed by atoms with Crippen molar-refractivity contribution in [2.75, 3.05) is 7.11 Å². The zero-order valence-electron chi connectivity index (χ0n) is 12.3. The van der Waals surface area contributed by atoms with Crippen LogP contribution < -0.4 is 9.46 Å². The van der Waals surface area contributed by atoms with Gasteiger partial charge in [-0.2, -0.15) is 4.72 Å². The Labute approximate surface area is 139 Å². The number of benzene rings is 1. The molecule has 0 unspecified atom stereocenters. The molecule has 0 aliphatic heterocycles. The maximum absolute atomic E-state index is 12.3. The smallest absolute Gasteiger partial charge is 0.321 e. The highest BCUT2D eigenvalue weighted by molar-refractivity contribution is 7.89. The normalized spacial score (nSPS) is 13.2. The molecule has 2 N–H and O–H groups in total. The quantitative estimate of drug-likeness (QED) is 0.770. The van der Waals surface area contributed by atoms with Crippen LogP contribution in [0.1, 0.15) is 20.3 Å². The third-order valence-corrected chi connectivity index (χ3v) is 5.03. The molecule has 0 amide bonds. The van der Waals surface area contributed by atoms with Crippen LogP contribution in [-0.4, -0.2) is 32.6 Å². The maximum atomic E-state index is 12.3. The van der Waals surface area contributed by atoms with Gasteiger partial charge in [0.15, 0.2) is 0 Å². The SMILES string of the molecule is COc1cc(Cl)c(S(=O)(=O)N[C@@H](CC(C)C)C(=O)O)cc1Cl. The van der Waals surface area contributed by atoms with E-state index >= 15 is 0 Å². The summed E-state index contributed by atoms with van der Waals surface area (Å²) in [4.78, 5) is 10.9. The summed E-state index contributed by atoms with van der Waals surface area (Å²) in [6.45, 7) is 3.59. The number of hydrogen-bond acceptors (Lipinski definition) is 4. The van der Waals surface area contributed by atoms with Crippen molar-refractivity contribution in [3.63, 3.8) is 0 Å². The van der Waals surface area contributed by atoms with Crippen LogP contribution in [0.5, 0.6) is 5.75 Å². The molecule has 1 atom stereocenters. The van der Waals surface area contributed by atoms with Gasteiger partial charge in [-0.05, 0) is 18.4 Å². The Balaban J connectivity index is 3.18. The Morgan fingerprint density at radius 3 is 2.36 bits per heavy atom. The van der Waals surface area contributed by atoms with Crippen molar-refractivity contribution in [3.05, 3.63) is 22.2 Å². The standard InChI is InChI=1S/C13H17Cl2NO5S/c1-7(2)4-10(13(17)18)16-22(19,20)12-6-8(14)11(21-3)5-9(12)15/h5-7,10,16H,4H2,1-3H3,(H,17,18)/t10-/m0/s1. The molecular weight excluding hydrogens is 353 g/mol. The minimum Gasteiger partial charge on any atom is -0.495 e. The molecule has 0 saturated carbocycles. The largest absolute Gasteiger partial charge is 0.495 e. The van der Waals surface area contributed by atoms with E-state index in [-0.39, 0.29) is 33.0 Å². The van der Waals surface area contributed by atoms with Crippen molar-refractivity contribution in [1.82, 2.24) is 4.72 Å². The molecule has 0 bridgehead atoms. The average Bonchev–Trinajstić information content (AvgIpc) is 2.39. The van der Waals surface area contributed by atoms with Crippen molar-refractivity contribution < 1.29 is 23.1 Å².